The van der Waals surface area contributed by atoms with E-state index in [1.165, 1.54) is 0 Å². The maximum Gasteiger partial charge on any atom is 0.308 e. The van der Waals surface area contributed by atoms with E-state index in [1.807, 2.05) is 19.1 Å². The van der Waals surface area contributed by atoms with Gasteiger partial charge in [-0.25, -0.2) is 0 Å². The van der Waals surface area contributed by atoms with Crippen LogP contribution in [-0.4, -0.2) is 35.5 Å². The molecule has 2 rings (SSSR count). The number of carbonyl (C=O) groups is 2. The van der Waals surface area contributed by atoms with Gasteiger partial charge in [0.15, 0.2) is 0 Å². The zero-order chi connectivity index (χ0) is 14.7. The highest BCUT2D eigenvalue weighted by Gasteiger charge is 2.39. The highest BCUT2D eigenvalue weighted by molar-refractivity contribution is 5.81. The zero-order valence-corrected chi connectivity index (χ0v) is 11.7. The van der Waals surface area contributed by atoms with Gasteiger partial charge in [0.2, 0.25) is 5.91 Å². The standard InChI is InChI=1S/C15H19NO4/c1-3-16-13(17)9-8-12(15(18)19)14(16)10-4-6-11(20-2)7-5-10/h4-7,12,14H,3,8-9H2,1-2H3,(H,18,19)/t12-,14-/m1/s1. The minimum atomic E-state index is -0.850. The molecule has 0 radical (unpaired) electrons. The topological polar surface area (TPSA) is 66.8 Å². The number of likely N-dealkylation sites (tertiary alicyclic amines) is 1. The molecule has 1 fully saturated rings. The Kier molecular flexibility index (Phi) is 4.27. The Morgan fingerprint density at radius 1 is 1.40 bits per heavy atom. The summed E-state index contributed by atoms with van der Waals surface area (Å²) in [6.07, 6.45) is 0.693. The van der Waals surface area contributed by atoms with Crippen molar-refractivity contribution in [2.24, 2.45) is 5.92 Å². The molecule has 1 amide bonds. The number of hydrogen-bond donors (Lipinski definition) is 1. The molecule has 1 N–H and O–H groups in total. The number of nitrogens with zero attached hydrogens (tertiary/aromatic N) is 1. The number of aliphatic carboxylic acids is 1. The third kappa shape index (κ3) is 2.61. The average Bonchev–Trinajstić information content (AvgIpc) is 2.46. The predicted molar refractivity (Wildman–Crippen MR) is 73.5 cm³/mol. The summed E-state index contributed by atoms with van der Waals surface area (Å²) >= 11 is 0. The van der Waals surface area contributed by atoms with E-state index in [0.29, 0.717) is 25.1 Å². The van der Waals surface area contributed by atoms with Gasteiger partial charge in [-0.3, -0.25) is 9.59 Å². The molecular formula is C15H19NO4. The monoisotopic (exact) mass is 277 g/mol. The van der Waals surface area contributed by atoms with Crippen molar-refractivity contribution in [1.82, 2.24) is 4.90 Å². The van der Waals surface area contributed by atoms with Gasteiger partial charge in [-0.05, 0) is 31.0 Å². The Balaban J connectivity index is 2.38. The molecule has 20 heavy (non-hydrogen) atoms. The molecule has 1 aromatic carbocycles. The molecule has 0 unspecified atom stereocenters. The van der Waals surface area contributed by atoms with Crippen LogP contribution in [0.25, 0.3) is 0 Å². The number of carbonyl (C=O) groups excluding carboxylic acids is 1. The van der Waals surface area contributed by atoms with E-state index in [9.17, 15) is 14.7 Å². The summed E-state index contributed by atoms with van der Waals surface area (Å²) in [7, 11) is 1.58. The first kappa shape index (κ1) is 14.4. The Morgan fingerprint density at radius 2 is 2.05 bits per heavy atom. The number of ether oxygens (including phenoxy) is 1. The third-order valence-electron chi connectivity index (χ3n) is 3.82. The van der Waals surface area contributed by atoms with E-state index in [-0.39, 0.29) is 5.91 Å². The maximum atomic E-state index is 12.0. The van der Waals surface area contributed by atoms with E-state index in [2.05, 4.69) is 0 Å². The predicted octanol–water partition coefficient (Wildman–Crippen LogP) is 2.08. The van der Waals surface area contributed by atoms with Crippen LogP contribution in [0.3, 0.4) is 0 Å². The van der Waals surface area contributed by atoms with Crippen LogP contribution in [0.2, 0.25) is 0 Å². The summed E-state index contributed by atoms with van der Waals surface area (Å²) in [5.41, 5.74) is 0.841. The molecule has 0 saturated carbocycles. The van der Waals surface area contributed by atoms with Gasteiger partial charge in [-0.15, -0.1) is 0 Å². The second kappa shape index (κ2) is 5.94. The summed E-state index contributed by atoms with van der Waals surface area (Å²) in [5, 5.41) is 9.41. The number of methoxy groups -OCH3 is 1. The average molecular weight is 277 g/mol. The molecule has 5 heteroatoms. The lowest BCUT2D eigenvalue weighted by molar-refractivity contribution is -0.151. The second-order valence-corrected chi connectivity index (χ2v) is 4.88. The van der Waals surface area contributed by atoms with E-state index >= 15 is 0 Å². The minimum absolute atomic E-state index is 0.0193. The summed E-state index contributed by atoms with van der Waals surface area (Å²) in [5.74, 6) is -0.672. The molecule has 0 aliphatic carbocycles. The zero-order valence-electron chi connectivity index (χ0n) is 11.7. The fourth-order valence-corrected chi connectivity index (χ4v) is 2.80. The number of carboxylic acid groups (broad SMARTS) is 1. The SMILES string of the molecule is CCN1C(=O)CC[C@@H](C(=O)O)[C@H]1c1ccc(OC)cc1. The van der Waals surface area contributed by atoms with Crippen LogP contribution in [0.5, 0.6) is 5.75 Å². The van der Waals surface area contributed by atoms with Crippen molar-refractivity contribution in [2.75, 3.05) is 13.7 Å². The molecule has 1 aromatic rings. The van der Waals surface area contributed by atoms with Crippen LogP contribution in [-0.2, 0) is 9.59 Å². The first-order valence-electron chi connectivity index (χ1n) is 6.74. The smallest absolute Gasteiger partial charge is 0.308 e. The molecular weight excluding hydrogens is 258 g/mol. The van der Waals surface area contributed by atoms with Gasteiger partial charge in [0.1, 0.15) is 5.75 Å². The van der Waals surface area contributed by atoms with E-state index in [1.54, 1.807) is 24.1 Å². The van der Waals surface area contributed by atoms with Gasteiger partial charge < -0.3 is 14.7 Å². The quantitative estimate of drug-likeness (QED) is 0.915. The molecule has 0 spiro atoms. The number of hydrogen-bond acceptors (Lipinski definition) is 3. The van der Waals surface area contributed by atoms with Crippen LogP contribution >= 0.6 is 0 Å². The van der Waals surface area contributed by atoms with Gasteiger partial charge in [0.05, 0.1) is 19.1 Å². The molecule has 1 heterocycles. The number of amides is 1. The van der Waals surface area contributed by atoms with Gasteiger partial charge in [0, 0.05) is 13.0 Å². The van der Waals surface area contributed by atoms with Gasteiger partial charge in [-0.1, -0.05) is 12.1 Å². The van der Waals surface area contributed by atoms with Crippen LogP contribution in [0.4, 0.5) is 0 Å². The van der Waals surface area contributed by atoms with Crippen molar-refractivity contribution in [3.05, 3.63) is 29.8 Å². The summed E-state index contributed by atoms with van der Waals surface area (Å²) in [6, 6.07) is 6.86. The Morgan fingerprint density at radius 3 is 2.55 bits per heavy atom. The number of carboxylic acids is 1. The Bertz CT molecular complexity index is 495. The van der Waals surface area contributed by atoms with Gasteiger partial charge >= 0.3 is 5.97 Å². The van der Waals surface area contributed by atoms with Crippen molar-refractivity contribution in [3.63, 3.8) is 0 Å². The Hall–Kier alpha value is -2.04. The van der Waals surface area contributed by atoms with Gasteiger partial charge in [-0.2, -0.15) is 0 Å². The van der Waals surface area contributed by atoms with Crippen molar-refractivity contribution >= 4 is 11.9 Å². The largest absolute Gasteiger partial charge is 0.497 e. The third-order valence-corrected chi connectivity index (χ3v) is 3.82. The molecule has 1 aliphatic heterocycles. The fraction of sp³-hybridized carbons (Fsp3) is 0.467. The summed E-state index contributed by atoms with van der Waals surface area (Å²) in [4.78, 5) is 25.1. The highest BCUT2D eigenvalue weighted by Crippen LogP contribution is 2.37. The number of rotatable bonds is 4. The van der Waals surface area contributed by atoms with Crippen molar-refractivity contribution in [1.29, 1.82) is 0 Å². The maximum absolute atomic E-state index is 12.0. The van der Waals surface area contributed by atoms with E-state index < -0.39 is 17.9 Å². The molecule has 0 bridgehead atoms. The minimum Gasteiger partial charge on any atom is -0.497 e. The Labute approximate surface area is 118 Å². The lowest BCUT2D eigenvalue weighted by Crippen LogP contribution is -2.45. The fourth-order valence-electron chi connectivity index (χ4n) is 2.80. The lowest BCUT2D eigenvalue weighted by Gasteiger charge is -2.39. The van der Waals surface area contributed by atoms with Crippen molar-refractivity contribution < 1.29 is 19.4 Å². The van der Waals surface area contributed by atoms with Crippen molar-refractivity contribution in [3.8, 4) is 5.75 Å². The first-order chi connectivity index (χ1) is 9.58. The van der Waals surface area contributed by atoms with Crippen LogP contribution in [0, 0.1) is 5.92 Å². The molecule has 108 valence electrons. The molecule has 1 aliphatic rings. The molecule has 0 aromatic heterocycles. The molecule has 1 saturated heterocycles. The van der Waals surface area contributed by atoms with E-state index in [4.69, 9.17) is 4.74 Å². The molecule has 5 nitrogen and oxygen atoms in total. The highest BCUT2D eigenvalue weighted by atomic mass is 16.5. The summed E-state index contributed by atoms with van der Waals surface area (Å²) < 4.78 is 5.11. The van der Waals surface area contributed by atoms with Crippen LogP contribution in [0.1, 0.15) is 31.4 Å². The van der Waals surface area contributed by atoms with Crippen LogP contribution in [0.15, 0.2) is 24.3 Å². The lowest BCUT2D eigenvalue weighted by atomic mass is 9.84. The number of piperidine rings is 1. The molecule has 2 atom stereocenters. The normalized spacial score (nSPS) is 22.7. The van der Waals surface area contributed by atoms with Crippen molar-refractivity contribution in [2.45, 2.75) is 25.8 Å². The summed E-state index contributed by atoms with van der Waals surface area (Å²) in [6.45, 7) is 2.39. The number of benzene rings is 1. The first-order valence-corrected chi connectivity index (χ1v) is 6.74. The van der Waals surface area contributed by atoms with Crippen LogP contribution < -0.4 is 4.74 Å². The second-order valence-electron chi connectivity index (χ2n) is 4.88. The van der Waals surface area contributed by atoms with Gasteiger partial charge in [0.25, 0.3) is 0 Å². The van der Waals surface area contributed by atoms with E-state index in [0.717, 1.165) is 5.56 Å².